The molecule has 0 saturated carbocycles. The maximum absolute atomic E-state index is 13.5. The topological polar surface area (TPSA) is 89.8 Å². The van der Waals surface area contributed by atoms with E-state index in [1.165, 1.54) is 42.5 Å². The van der Waals surface area contributed by atoms with Crippen LogP contribution in [0.15, 0.2) is 52.4 Å². The molecule has 0 fully saturated rings. The Balaban J connectivity index is 2.57. The highest BCUT2D eigenvalue weighted by molar-refractivity contribution is 7.94. The minimum Gasteiger partial charge on any atom is -0.311 e. The molecule has 2 aromatic heterocycles. The maximum Gasteiger partial charge on any atom is 0.211 e. The van der Waals surface area contributed by atoms with Crippen LogP contribution in [0.2, 0.25) is 5.02 Å². The molecule has 0 amide bonds. The Morgan fingerprint density at radius 2 is 1.44 bits per heavy atom. The summed E-state index contributed by atoms with van der Waals surface area (Å²) in [4.78, 5) is 12.8. The average molecular weight is 496 g/mol. The fourth-order valence-electron chi connectivity index (χ4n) is 3.50. The molecule has 9 heteroatoms. The molecule has 0 aliphatic heterocycles. The molecule has 0 saturated heterocycles. The van der Waals surface area contributed by atoms with Gasteiger partial charge >= 0.3 is 0 Å². The van der Waals surface area contributed by atoms with Crippen molar-refractivity contribution in [3.63, 3.8) is 0 Å². The van der Waals surface area contributed by atoms with Crippen LogP contribution in [0.5, 0.6) is 0 Å². The van der Waals surface area contributed by atoms with E-state index in [9.17, 15) is 21.6 Å². The van der Waals surface area contributed by atoms with Gasteiger partial charge in [0.2, 0.25) is 5.78 Å². The molecule has 0 aliphatic carbocycles. The number of fused-ring (bicyclic) bond motifs is 1. The highest BCUT2D eigenvalue weighted by Gasteiger charge is 2.37. The Morgan fingerprint density at radius 3 is 1.94 bits per heavy atom. The third-order valence-corrected chi connectivity index (χ3v) is 9.38. The van der Waals surface area contributed by atoms with Crippen molar-refractivity contribution >= 4 is 42.6 Å². The fraction of sp³-hybridized carbons (Fsp3) is 0.348. The summed E-state index contributed by atoms with van der Waals surface area (Å²) >= 11 is 5.93. The molecule has 3 rings (SSSR count). The molecule has 0 unspecified atom stereocenters. The Hall–Kier alpha value is -2.16. The third-order valence-electron chi connectivity index (χ3n) is 5.42. The van der Waals surface area contributed by atoms with E-state index >= 15 is 0 Å². The van der Waals surface area contributed by atoms with E-state index in [4.69, 9.17) is 11.6 Å². The van der Waals surface area contributed by atoms with Crippen molar-refractivity contribution in [3.05, 3.63) is 64.4 Å². The Labute approximate surface area is 194 Å². The van der Waals surface area contributed by atoms with Crippen LogP contribution in [-0.2, 0) is 25.1 Å². The molecule has 172 valence electrons. The zero-order valence-electron chi connectivity index (χ0n) is 18.6. The van der Waals surface area contributed by atoms with Gasteiger partial charge in [-0.3, -0.25) is 4.79 Å². The summed E-state index contributed by atoms with van der Waals surface area (Å²) in [5, 5.41) is 0.423. The summed E-state index contributed by atoms with van der Waals surface area (Å²) < 4.78 is 54.1. The minimum absolute atomic E-state index is 0.184. The molecule has 6 nitrogen and oxygen atoms in total. The lowest BCUT2D eigenvalue weighted by atomic mass is 9.87. The van der Waals surface area contributed by atoms with Gasteiger partial charge < -0.3 is 4.40 Å². The van der Waals surface area contributed by atoms with E-state index in [0.29, 0.717) is 5.02 Å². The van der Waals surface area contributed by atoms with Gasteiger partial charge in [0, 0.05) is 16.8 Å². The molecule has 0 radical (unpaired) electrons. The van der Waals surface area contributed by atoms with E-state index in [0.717, 1.165) is 5.56 Å². The molecule has 2 heterocycles. The number of hydrogen-bond donors (Lipinski definition) is 0. The van der Waals surface area contributed by atoms with Crippen LogP contribution >= 0.6 is 11.6 Å². The first kappa shape index (κ1) is 24.5. The second kappa shape index (κ2) is 8.32. The lowest BCUT2D eigenvalue weighted by Gasteiger charge is -2.19. The minimum atomic E-state index is -4.07. The number of halogens is 1. The highest BCUT2D eigenvalue weighted by Crippen LogP contribution is 2.37. The summed E-state index contributed by atoms with van der Waals surface area (Å²) in [5.74, 6) is -1.24. The van der Waals surface area contributed by atoms with E-state index < -0.39 is 30.4 Å². The first-order valence-electron chi connectivity index (χ1n) is 10.2. The molecule has 0 spiro atoms. The van der Waals surface area contributed by atoms with Gasteiger partial charge in [-0.05, 0) is 47.4 Å². The van der Waals surface area contributed by atoms with Gasteiger partial charge in [0.05, 0.1) is 17.0 Å². The summed E-state index contributed by atoms with van der Waals surface area (Å²) in [5.41, 5.74) is 0.714. The highest BCUT2D eigenvalue weighted by atomic mass is 35.5. The number of aromatic nitrogens is 1. The molecule has 0 aliphatic rings. The van der Waals surface area contributed by atoms with Crippen molar-refractivity contribution in [2.24, 2.45) is 0 Å². The maximum atomic E-state index is 13.5. The second-order valence-electron chi connectivity index (χ2n) is 8.57. The first-order chi connectivity index (χ1) is 14.7. The van der Waals surface area contributed by atoms with E-state index in [-0.39, 0.29) is 38.6 Å². The van der Waals surface area contributed by atoms with Gasteiger partial charge in [0.15, 0.2) is 19.7 Å². The Kier molecular flexibility index (Phi) is 6.36. The lowest BCUT2D eigenvalue weighted by Crippen LogP contribution is -2.15. The number of pyridine rings is 1. The van der Waals surface area contributed by atoms with Crippen LogP contribution in [0.1, 0.15) is 56.2 Å². The van der Waals surface area contributed by atoms with Gasteiger partial charge in [-0.25, -0.2) is 16.8 Å². The van der Waals surface area contributed by atoms with Crippen molar-refractivity contribution in [2.45, 2.75) is 49.8 Å². The van der Waals surface area contributed by atoms with Crippen molar-refractivity contribution in [3.8, 4) is 0 Å². The van der Waals surface area contributed by atoms with Crippen LogP contribution in [0.3, 0.4) is 0 Å². The molecular formula is C23H26ClNO5S2. The quantitative estimate of drug-likeness (QED) is 0.462. The zero-order valence-corrected chi connectivity index (χ0v) is 21.0. The van der Waals surface area contributed by atoms with Crippen molar-refractivity contribution in [2.75, 3.05) is 11.5 Å². The molecule has 0 atom stereocenters. The lowest BCUT2D eigenvalue weighted by molar-refractivity contribution is 0.103. The van der Waals surface area contributed by atoms with Gasteiger partial charge in [-0.2, -0.15) is 0 Å². The number of hydrogen-bond acceptors (Lipinski definition) is 5. The van der Waals surface area contributed by atoms with E-state index in [2.05, 4.69) is 0 Å². The van der Waals surface area contributed by atoms with Gasteiger partial charge in [-0.1, -0.05) is 46.2 Å². The number of benzene rings is 1. The number of carbonyl (C=O) groups excluding carboxylic acids is 1. The molecule has 0 N–H and O–H groups in total. The van der Waals surface area contributed by atoms with Crippen molar-refractivity contribution in [1.29, 1.82) is 0 Å². The van der Waals surface area contributed by atoms with Gasteiger partial charge in [-0.15, -0.1) is 0 Å². The van der Waals surface area contributed by atoms with Crippen LogP contribution < -0.4 is 0 Å². The Morgan fingerprint density at radius 1 is 0.906 bits per heavy atom. The Bertz CT molecular complexity index is 1410. The predicted molar refractivity (Wildman–Crippen MR) is 126 cm³/mol. The molecule has 3 aromatic rings. The normalized spacial score (nSPS) is 12.9. The number of rotatable bonds is 6. The predicted octanol–water partition coefficient (Wildman–Crippen LogP) is 4.71. The largest absolute Gasteiger partial charge is 0.311 e. The summed E-state index contributed by atoms with van der Waals surface area (Å²) in [6.07, 6.45) is 1.57. The standard InChI is InChI=1S/C23H26ClNO5S2/c1-6-31(27,28)21-18-14-16(23(3,4)5)12-13-25(18)19(22(21)32(29,30)7-2)20(26)15-8-10-17(24)11-9-15/h8-14H,6-7H2,1-5H3. The third kappa shape index (κ3) is 4.23. The number of ketones is 1. The van der Waals surface area contributed by atoms with Crippen LogP contribution in [0.25, 0.3) is 5.52 Å². The summed E-state index contributed by atoms with van der Waals surface area (Å²) in [6, 6.07) is 9.47. The SMILES string of the molecule is CCS(=O)(=O)c1c(S(=O)(=O)CC)c2cc(C(C)(C)C)ccn2c1C(=O)c1ccc(Cl)cc1. The number of carbonyl (C=O) groups is 1. The molecule has 32 heavy (non-hydrogen) atoms. The zero-order chi connectivity index (χ0) is 24.1. The monoisotopic (exact) mass is 495 g/mol. The first-order valence-corrected chi connectivity index (χ1v) is 13.9. The average Bonchev–Trinajstić information content (AvgIpc) is 3.09. The summed E-state index contributed by atoms with van der Waals surface area (Å²) in [7, 11) is -8.06. The van der Waals surface area contributed by atoms with Crippen LogP contribution in [0, 0.1) is 0 Å². The molecule has 1 aromatic carbocycles. The fourth-order valence-corrected chi connectivity index (χ4v) is 6.69. The van der Waals surface area contributed by atoms with E-state index in [1.807, 2.05) is 20.8 Å². The number of sulfone groups is 2. The van der Waals surface area contributed by atoms with Crippen molar-refractivity contribution in [1.82, 2.24) is 4.40 Å². The van der Waals surface area contributed by atoms with Crippen molar-refractivity contribution < 1.29 is 21.6 Å². The van der Waals surface area contributed by atoms with Gasteiger partial charge in [0.1, 0.15) is 15.5 Å². The van der Waals surface area contributed by atoms with E-state index in [1.54, 1.807) is 18.3 Å². The van der Waals surface area contributed by atoms with Crippen LogP contribution in [0.4, 0.5) is 0 Å². The second-order valence-corrected chi connectivity index (χ2v) is 13.4. The number of nitrogens with zero attached hydrogens (tertiary/aromatic N) is 1. The molecular weight excluding hydrogens is 470 g/mol. The smallest absolute Gasteiger partial charge is 0.211 e. The summed E-state index contributed by atoms with van der Waals surface area (Å²) in [6.45, 7) is 8.80. The van der Waals surface area contributed by atoms with Crippen LogP contribution in [-0.4, -0.2) is 38.5 Å². The van der Waals surface area contributed by atoms with Gasteiger partial charge in [0.25, 0.3) is 0 Å². The molecule has 0 bridgehead atoms.